The van der Waals surface area contributed by atoms with Crippen LogP contribution in [0.15, 0.2) is 35.6 Å². The number of hydrogen-bond acceptors (Lipinski definition) is 6. The van der Waals surface area contributed by atoms with Gasteiger partial charge in [-0.05, 0) is 18.2 Å². The summed E-state index contributed by atoms with van der Waals surface area (Å²) in [5, 5.41) is 11.2. The Balaban J connectivity index is 2.62. The van der Waals surface area contributed by atoms with Crippen molar-refractivity contribution < 1.29 is 13.9 Å². The Morgan fingerprint density at radius 1 is 1.41 bits per heavy atom. The molecule has 1 aromatic heterocycles. The van der Waals surface area contributed by atoms with E-state index in [1.54, 1.807) is 0 Å². The van der Waals surface area contributed by atoms with Crippen molar-refractivity contribution in [3.63, 3.8) is 0 Å². The van der Waals surface area contributed by atoms with E-state index in [9.17, 15) is 14.1 Å². The third-order valence-corrected chi connectivity index (χ3v) is 2.81. The highest BCUT2D eigenvalue weighted by Gasteiger charge is 2.20. The molecule has 0 saturated heterocycles. The normalized spacial score (nSPS) is 9.68. The van der Waals surface area contributed by atoms with Crippen molar-refractivity contribution in [2.24, 2.45) is 5.29 Å². The molecule has 7 nitrogen and oxygen atoms in total. The highest BCUT2D eigenvalue weighted by molar-refractivity contribution is 5.92. The van der Waals surface area contributed by atoms with E-state index < -0.39 is 11.8 Å². The quantitative estimate of drug-likeness (QED) is 0.528. The molecule has 0 saturated carbocycles. The number of methoxy groups -OCH3 is 1. The fraction of sp³-hybridized carbons (Fsp3) is 0.0714. The molecule has 2 aromatic rings. The molecule has 22 heavy (non-hydrogen) atoms. The van der Waals surface area contributed by atoms with Crippen LogP contribution in [-0.4, -0.2) is 18.1 Å². The van der Waals surface area contributed by atoms with E-state index in [-0.39, 0.29) is 17.1 Å². The molecule has 0 bridgehead atoms. The largest absolute Gasteiger partial charge is 0.465 e. The van der Waals surface area contributed by atoms with Crippen LogP contribution in [0, 0.1) is 22.1 Å². The molecular formula is C14H9FN4O3. The SMILES string of the molecule is COC(=O)c1cc(NN=O)nc(-c2ccc(C#N)cc2)c1F. The van der Waals surface area contributed by atoms with Gasteiger partial charge in [0, 0.05) is 5.56 Å². The molecule has 0 aliphatic carbocycles. The summed E-state index contributed by atoms with van der Waals surface area (Å²) in [5.41, 5.74) is 2.18. The fourth-order valence-electron chi connectivity index (χ4n) is 1.79. The maximum absolute atomic E-state index is 14.4. The van der Waals surface area contributed by atoms with Crippen LogP contribution in [0.4, 0.5) is 10.2 Å². The van der Waals surface area contributed by atoms with Crippen molar-refractivity contribution in [1.29, 1.82) is 5.26 Å². The van der Waals surface area contributed by atoms with Crippen molar-refractivity contribution in [2.45, 2.75) is 0 Å². The van der Waals surface area contributed by atoms with Crippen molar-refractivity contribution in [3.05, 3.63) is 52.2 Å². The first-order valence-corrected chi connectivity index (χ1v) is 5.98. The van der Waals surface area contributed by atoms with Crippen LogP contribution < -0.4 is 5.43 Å². The number of nitriles is 1. The maximum Gasteiger partial charge on any atom is 0.341 e. The number of aromatic nitrogens is 1. The van der Waals surface area contributed by atoms with Crippen LogP contribution in [-0.2, 0) is 4.74 Å². The van der Waals surface area contributed by atoms with Gasteiger partial charge in [-0.15, -0.1) is 4.91 Å². The lowest BCUT2D eigenvalue weighted by Crippen LogP contribution is -2.08. The van der Waals surface area contributed by atoms with Crippen molar-refractivity contribution in [2.75, 3.05) is 12.5 Å². The minimum absolute atomic E-state index is 0.101. The number of benzene rings is 1. The van der Waals surface area contributed by atoms with Gasteiger partial charge in [0.15, 0.2) is 11.6 Å². The van der Waals surface area contributed by atoms with Gasteiger partial charge in [-0.1, -0.05) is 12.1 Å². The van der Waals surface area contributed by atoms with Gasteiger partial charge >= 0.3 is 5.97 Å². The zero-order chi connectivity index (χ0) is 16.1. The second-order valence-corrected chi connectivity index (χ2v) is 4.10. The Hall–Kier alpha value is -3.34. The number of rotatable bonds is 4. The van der Waals surface area contributed by atoms with Crippen molar-refractivity contribution in [3.8, 4) is 17.3 Å². The fourth-order valence-corrected chi connectivity index (χ4v) is 1.79. The van der Waals surface area contributed by atoms with Crippen LogP contribution in [0.5, 0.6) is 0 Å². The molecule has 0 aliphatic rings. The molecule has 0 spiro atoms. The molecule has 1 heterocycles. The minimum atomic E-state index is -0.913. The highest BCUT2D eigenvalue weighted by Crippen LogP contribution is 2.26. The summed E-state index contributed by atoms with van der Waals surface area (Å²) >= 11 is 0. The van der Waals surface area contributed by atoms with E-state index in [0.29, 0.717) is 11.1 Å². The summed E-state index contributed by atoms with van der Waals surface area (Å²) in [6, 6.07) is 8.86. The van der Waals surface area contributed by atoms with Gasteiger partial charge in [-0.2, -0.15) is 5.26 Å². The average Bonchev–Trinajstić information content (AvgIpc) is 2.56. The zero-order valence-electron chi connectivity index (χ0n) is 11.3. The van der Waals surface area contributed by atoms with Crippen molar-refractivity contribution >= 4 is 11.8 Å². The number of pyridine rings is 1. The van der Waals surface area contributed by atoms with Crippen LogP contribution in [0.25, 0.3) is 11.3 Å². The third kappa shape index (κ3) is 2.88. The van der Waals surface area contributed by atoms with Gasteiger partial charge in [0.25, 0.3) is 0 Å². The number of anilines is 1. The average molecular weight is 300 g/mol. The standard InChI is InChI=1S/C14H9FN4O3/c1-22-14(20)10-6-11(18-19-21)17-13(12(10)15)9-4-2-8(7-16)3-5-9/h2-6H,1H3,(H,17,18,21). The summed E-state index contributed by atoms with van der Waals surface area (Å²) in [5.74, 6) is -1.91. The third-order valence-electron chi connectivity index (χ3n) is 2.81. The molecule has 0 unspecified atom stereocenters. The first-order chi connectivity index (χ1) is 10.6. The number of ether oxygens (including phenoxy) is 1. The maximum atomic E-state index is 14.4. The molecule has 0 aliphatic heterocycles. The Labute approximate surface area is 124 Å². The van der Waals surface area contributed by atoms with Gasteiger partial charge in [0.1, 0.15) is 11.3 Å². The van der Waals surface area contributed by atoms with Gasteiger partial charge in [-0.3, -0.25) is 0 Å². The molecule has 110 valence electrons. The molecule has 0 radical (unpaired) electrons. The molecule has 8 heteroatoms. The summed E-state index contributed by atoms with van der Waals surface area (Å²) in [6.07, 6.45) is 0. The second-order valence-electron chi connectivity index (χ2n) is 4.10. The molecule has 0 fully saturated rings. The lowest BCUT2D eigenvalue weighted by atomic mass is 10.1. The number of carbonyl (C=O) groups is 1. The van der Waals surface area contributed by atoms with Crippen LogP contribution in [0.2, 0.25) is 0 Å². The number of hydrogen-bond donors (Lipinski definition) is 1. The van der Waals surface area contributed by atoms with Crippen LogP contribution >= 0.6 is 0 Å². The number of halogens is 1. The first kappa shape index (κ1) is 15.1. The Morgan fingerprint density at radius 2 is 2.09 bits per heavy atom. The number of nitroso groups, excluding NO2 is 1. The zero-order valence-corrected chi connectivity index (χ0v) is 11.3. The first-order valence-electron chi connectivity index (χ1n) is 5.98. The molecule has 2 rings (SSSR count). The van der Waals surface area contributed by atoms with E-state index in [1.165, 1.54) is 24.3 Å². The Bertz CT molecular complexity index is 769. The monoisotopic (exact) mass is 300 g/mol. The lowest BCUT2D eigenvalue weighted by molar-refractivity contribution is 0.0595. The summed E-state index contributed by atoms with van der Waals surface area (Å²) in [7, 11) is 1.11. The Morgan fingerprint density at radius 3 is 2.64 bits per heavy atom. The van der Waals surface area contributed by atoms with Gasteiger partial charge in [0.05, 0.1) is 24.0 Å². The van der Waals surface area contributed by atoms with Gasteiger partial charge in [-0.25, -0.2) is 19.6 Å². The van der Waals surface area contributed by atoms with E-state index in [1.807, 2.05) is 11.5 Å². The molecule has 1 N–H and O–H groups in total. The molecular weight excluding hydrogens is 291 g/mol. The summed E-state index contributed by atoms with van der Waals surface area (Å²) in [6.45, 7) is 0. The Kier molecular flexibility index (Phi) is 4.38. The molecule has 0 amide bonds. The number of carbonyl (C=O) groups excluding carboxylic acids is 1. The number of esters is 1. The van der Waals surface area contributed by atoms with Crippen LogP contribution in [0.1, 0.15) is 15.9 Å². The predicted molar refractivity (Wildman–Crippen MR) is 75.1 cm³/mol. The lowest BCUT2D eigenvalue weighted by Gasteiger charge is -2.09. The van der Waals surface area contributed by atoms with Gasteiger partial charge in [0.2, 0.25) is 0 Å². The summed E-state index contributed by atoms with van der Waals surface area (Å²) < 4.78 is 18.9. The summed E-state index contributed by atoms with van der Waals surface area (Å²) in [4.78, 5) is 25.8. The van der Waals surface area contributed by atoms with E-state index in [2.05, 4.69) is 15.0 Å². The number of nitrogens with one attached hydrogen (secondary N) is 1. The molecule has 1 aromatic carbocycles. The predicted octanol–water partition coefficient (Wildman–Crippen LogP) is 2.64. The minimum Gasteiger partial charge on any atom is -0.465 e. The number of nitrogens with zero attached hydrogens (tertiary/aromatic N) is 3. The van der Waals surface area contributed by atoms with Crippen LogP contribution in [0.3, 0.4) is 0 Å². The van der Waals surface area contributed by atoms with E-state index >= 15 is 0 Å². The van der Waals surface area contributed by atoms with Crippen molar-refractivity contribution in [1.82, 2.24) is 4.98 Å². The highest BCUT2D eigenvalue weighted by atomic mass is 19.1. The topological polar surface area (TPSA) is 104 Å². The molecule has 0 atom stereocenters. The van der Waals surface area contributed by atoms with Gasteiger partial charge < -0.3 is 4.74 Å². The van der Waals surface area contributed by atoms with E-state index in [0.717, 1.165) is 13.2 Å². The smallest absolute Gasteiger partial charge is 0.341 e. The van der Waals surface area contributed by atoms with E-state index in [4.69, 9.17) is 5.26 Å². The second kappa shape index (κ2) is 6.41.